The fourth-order valence-corrected chi connectivity index (χ4v) is 2.99. The van der Waals surface area contributed by atoms with Gasteiger partial charge in [0.15, 0.2) is 5.15 Å². The molecule has 0 fully saturated rings. The van der Waals surface area contributed by atoms with Gasteiger partial charge in [-0.3, -0.25) is 0 Å². The van der Waals surface area contributed by atoms with E-state index in [0.717, 1.165) is 22.4 Å². The Morgan fingerprint density at radius 1 is 0.739 bits per heavy atom. The fraction of sp³-hybridized carbons (Fsp3) is 0.211. The summed E-state index contributed by atoms with van der Waals surface area (Å²) in [6.07, 6.45) is 0. The van der Waals surface area contributed by atoms with Gasteiger partial charge >= 0.3 is 0 Å². The second kappa shape index (κ2) is 6.09. The van der Waals surface area contributed by atoms with Crippen molar-refractivity contribution in [1.82, 2.24) is 15.4 Å². The normalized spacial score (nSPS) is 10.8. The van der Waals surface area contributed by atoms with E-state index in [-0.39, 0.29) is 0 Å². The number of halogens is 1. The number of hydrogen-bond acceptors (Lipinski definition) is 3. The van der Waals surface area contributed by atoms with E-state index in [1.54, 1.807) is 0 Å². The van der Waals surface area contributed by atoms with Gasteiger partial charge in [-0.15, -0.1) is 10.2 Å². The summed E-state index contributed by atoms with van der Waals surface area (Å²) in [5.74, 6) is 0. The van der Waals surface area contributed by atoms with E-state index < -0.39 is 0 Å². The zero-order valence-electron chi connectivity index (χ0n) is 13.7. The van der Waals surface area contributed by atoms with Gasteiger partial charge in [-0.05, 0) is 60.7 Å². The van der Waals surface area contributed by atoms with E-state index in [0.29, 0.717) is 5.15 Å². The highest BCUT2D eigenvalue weighted by Gasteiger charge is 2.19. The van der Waals surface area contributed by atoms with Crippen LogP contribution in [0.4, 0.5) is 0 Å². The van der Waals surface area contributed by atoms with Gasteiger partial charge < -0.3 is 0 Å². The zero-order chi connectivity index (χ0) is 16.6. The molecule has 3 nitrogen and oxygen atoms in total. The minimum Gasteiger partial charge on any atom is -0.129 e. The van der Waals surface area contributed by atoms with Crippen LogP contribution in [-0.2, 0) is 0 Å². The molecular weight excluding hydrogens is 306 g/mol. The van der Waals surface area contributed by atoms with Crippen molar-refractivity contribution in [1.29, 1.82) is 0 Å². The highest BCUT2D eigenvalue weighted by Crippen LogP contribution is 2.38. The average molecular weight is 324 g/mol. The molecule has 0 unspecified atom stereocenters. The molecule has 0 aliphatic heterocycles. The van der Waals surface area contributed by atoms with Crippen molar-refractivity contribution in [2.75, 3.05) is 0 Å². The van der Waals surface area contributed by atoms with Gasteiger partial charge in [0.25, 0.3) is 0 Å². The van der Waals surface area contributed by atoms with Crippen LogP contribution in [-0.4, -0.2) is 15.4 Å². The molecule has 0 saturated carbocycles. The molecule has 1 aromatic heterocycles. The maximum Gasteiger partial charge on any atom is 0.163 e. The summed E-state index contributed by atoms with van der Waals surface area (Å²) >= 11 is 6.42. The minimum atomic E-state index is 0.379. The van der Waals surface area contributed by atoms with Crippen LogP contribution in [0, 0.1) is 27.7 Å². The third-order valence-electron chi connectivity index (χ3n) is 4.45. The van der Waals surface area contributed by atoms with E-state index in [1.165, 1.54) is 22.3 Å². The Bertz CT molecular complexity index is 888. The lowest BCUT2D eigenvalue weighted by molar-refractivity contribution is 0.872. The average Bonchev–Trinajstić information content (AvgIpc) is 2.53. The molecule has 3 rings (SSSR count). The van der Waals surface area contributed by atoms with Crippen LogP contribution in [0.15, 0.2) is 36.4 Å². The largest absolute Gasteiger partial charge is 0.163 e. The molecule has 0 saturated heterocycles. The molecule has 1 heterocycles. The topological polar surface area (TPSA) is 38.7 Å². The van der Waals surface area contributed by atoms with E-state index in [2.05, 4.69) is 67.4 Å². The van der Waals surface area contributed by atoms with Crippen LogP contribution in [0.2, 0.25) is 5.15 Å². The summed E-state index contributed by atoms with van der Waals surface area (Å²) < 4.78 is 0. The van der Waals surface area contributed by atoms with Gasteiger partial charge in [0, 0.05) is 11.1 Å². The Hall–Kier alpha value is -2.26. The molecule has 116 valence electrons. The Morgan fingerprint density at radius 2 is 1.30 bits per heavy atom. The van der Waals surface area contributed by atoms with Crippen LogP contribution in [0.3, 0.4) is 0 Å². The molecule has 0 amide bonds. The van der Waals surface area contributed by atoms with E-state index in [9.17, 15) is 0 Å². The monoisotopic (exact) mass is 323 g/mol. The van der Waals surface area contributed by atoms with Crippen LogP contribution < -0.4 is 0 Å². The Kier molecular flexibility index (Phi) is 4.14. The first kappa shape index (κ1) is 15.6. The molecule has 0 atom stereocenters. The van der Waals surface area contributed by atoms with Crippen LogP contribution in [0.25, 0.3) is 22.4 Å². The maximum absolute atomic E-state index is 6.42. The fourth-order valence-electron chi connectivity index (χ4n) is 2.76. The first-order valence-corrected chi connectivity index (χ1v) is 7.90. The lowest BCUT2D eigenvalue weighted by Crippen LogP contribution is -2.00. The first-order valence-electron chi connectivity index (χ1n) is 7.52. The van der Waals surface area contributed by atoms with Gasteiger partial charge in [-0.25, -0.2) is 0 Å². The quantitative estimate of drug-likeness (QED) is 0.659. The summed E-state index contributed by atoms with van der Waals surface area (Å²) in [6.45, 7) is 8.36. The number of nitrogens with zero attached hydrogens (tertiary/aromatic N) is 3. The van der Waals surface area contributed by atoms with Crippen molar-refractivity contribution in [2.45, 2.75) is 27.7 Å². The van der Waals surface area contributed by atoms with Crippen molar-refractivity contribution >= 4 is 11.6 Å². The van der Waals surface area contributed by atoms with Crippen LogP contribution >= 0.6 is 11.6 Å². The molecule has 3 aromatic rings. The lowest BCUT2D eigenvalue weighted by atomic mass is 9.92. The molecule has 0 aliphatic carbocycles. The number of aromatic nitrogens is 3. The summed E-state index contributed by atoms with van der Waals surface area (Å²) in [7, 11) is 0. The SMILES string of the molecule is Cc1cccc(-c2nnnc(Cl)c2-c2cccc(C)c2C)c1C. The molecule has 0 spiro atoms. The van der Waals surface area contributed by atoms with E-state index >= 15 is 0 Å². The van der Waals surface area contributed by atoms with Crippen molar-refractivity contribution in [2.24, 2.45) is 0 Å². The molecular formula is C19H18ClN3. The minimum absolute atomic E-state index is 0.379. The maximum atomic E-state index is 6.42. The van der Waals surface area contributed by atoms with Gasteiger partial charge in [0.2, 0.25) is 0 Å². The molecule has 0 N–H and O–H groups in total. The number of aryl methyl sites for hydroxylation is 2. The Morgan fingerprint density at radius 3 is 1.96 bits per heavy atom. The third-order valence-corrected chi connectivity index (χ3v) is 4.72. The predicted molar refractivity (Wildman–Crippen MR) is 94.7 cm³/mol. The van der Waals surface area contributed by atoms with Gasteiger partial charge in [-0.2, -0.15) is 0 Å². The van der Waals surface area contributed by atoms with Crippen molar-refractivity contribution in [3.8, 4) is 22.4 Å². The summed E-state index contributed by atoms with van der Waals surface area (Å²) in [5, 5.41) is 12.5. The second-order valence-corrected chi connectivity index (χ2v) is 6.16. The van der Waals surface area contributed by atoms with Crippen LogP contribution in [0.1, 0.15) is 22.3 Å². The number of hydrogen-bond donors (Lipinski definition) is 0. The molecule has 4 heteroatoms. The third kappa shape index (κ3) is 2.73. The van der Waals surface area contributed by atoms with Gasteiger partial charge in [0.05, 0.1) is 0 Å². The van der Waals surface area contributed by atoms with Gasteiger partial charge in [-0.1, -0.05) is 48.0 Å². The summed E-state index contributed by atoms with van der Waals surface area (Å²) in [5.41, 5.74) is 8.49. The molecule has 23 heavy (non-hydrogen) atoms. The molecule has 2 aromatic carbocycles. The van der Waals surface area contributed by atoms with E-state index in [4.69, 9.17) is 11.6 Å². The predicted octanol–water partition coefficient (Wildman–Crippen LogP) is 5.09. The number of benzene rings is 2. The highest BCUT2D eigenvalue weighted by atomic mass is 35.5. The lowest BCUT2D eigenvalue weighted by Gasteiger charge is -2.15. The van der Waals surface area contributed by atoms with Crippen LogP contribution in [0.5, 0.6) is 0 Å². The highest BCUT2D eigenvalue weighted by molar-refractivity contribution is 6.32. The smallest absolute Gasteiger partial charge is 0.129 e. The second-order valence-electron chi connectivity index (χ2n) is 5.80. The van der Waals surface area contributed by atoms with Gasteiger partial charge in [0.1, 0.15) is 5.69 Å². The van der Waals surface area contributed by atoms with Crippen molar-refractivity contribution < 1.29 is 0 Å². The molecule has 0 bridgehead atoms. The standard InChI is InChI=1S/C19H18ClN3/c1-11-7-5-9-15(13(11)3)17-18(21-23-22-19(17)20)16-10-6-8-12(2)14(16)4/h5-10H,1-4H3. The van der Waals surface area contributed by atoms with E-state index in [1.807, 2.05) is 12.1 Å². The Balaban J connectivity index is 2.35. The summed E-state index contributed by atoms with van der Waals surface area (Å²) in [4.78, 5) is 0. The molecule has 0 aliphatic rings. The number of rotatable bonds is 2. The summed E-state index contributed by atoms with van der Waals surface area (Å²) in [6, 6.07) is 12.3. The Labute approximate surface area is 141 Å². The first-order chi connectivity index (χ1) is 11.0. The van der Waals surface area contributed by atoms with Crippen molar-refractivity contribution in [3.05, 3.63) is 63.8 Å². The van der Waals surface area contributed by atoms with Crippen molar-refractivity contribution in [3.63, 3.8) is 0 Å². The molecule has 0 radical (unpaired) electrons. The zero-order valence-corrected chi connectivity index (χ0v) is 14.4.